The van der Waals surface area contributed by atoms with Crippen LogP contribution < -0.4 is 20.5 Å². The molecule has 7 nitrogen and oxygen atoms in total. The summed E-state index contributed by atoms with van der Waals surface area (Å²) in [6.45, 7) is 2.52. The van der Waals surface area contributed by atoms with Crippen LogP contribution in [0.3, 0.4) is 0 Å². The highest BCUT2D eigenvalue weighted by Gasteiger charge is 2.18. The summed E-state index contributed by atoms with van der Waals surface area (Å²) >= 11 is 0. The maximum Gasteiger partial charge on any atom is 0.255 e. The molecular weight excluding hydrogens is 306 g/mol. The molecule has 1 heterocycles. The SMILES string of the molecule is COc1ccc(S(N)(=O)=O)cc1C(=O)NCCC1CCNC1. The fourth-order valence-electron chi connectivity index (χ4n) is 2.49. The van der Waals surface area contributed by atoms with Gasteiger partial charge < -0.3 is 15.4 Å². The topological polar surface area (TPSA) is 111 Å². The second-order valence-electron chi connectivity index (χ2n) is 5.31. The summed E-state index contributed by atoms with van der Waals surface area (Å²) < 4.78 is 27.9. The van der Waals surface area contributed by atoms with Gasteiger partial charge in [0, 0.05) is 6.54 Å². The van der Waals surface area contributed by atoms with Crippen LogP contribution >= 0.6 is 0 Å². The molecule has 4 N–H and O–H groups in total. The zero-order valence-electron chi connectivity index (χ0n) is 12.5. The van der Waals surface area contributed by atoms with Gasteiger partial charge in [0.2, 0.25) is 10.0 Å². The van der Waals surface area contributed by atoms with E-state index in [0.29, 0.717) is 18.2 Å². The number of nitrogens with two attached hydrogens (primary N) is 1. The van der Waals surface area contributed by atoms with Gasteiger partial charge in [0.15, 0.2) is 0 Å². The van der Waals surface area contributed by atoms with Crippen molar-refractivity contribution in [2.75, 3.05) is 26.7 Å². The van der Waals surface area contributed by atoms with Crippen LogP contribution in [0.25, 0.3) is 0 Å². The largest absolute Gasteiger partial charge is 0.496 e. The van der Waals surface area contributed by atoms with E-state index in [9.17, 15) is 13.2 Å². The number of hydrogen-bond donors (Lipinski definition) is 3. The summed E-state index contributed by atoms with van der Waals surface area (Å²) in [7, 11) is -2.44. The van der Waals surface area contributed by atoms with Crippen LogP contribution in [0.5, 0.6) is 5.75 Å². The van der Waals surface area contributed by atoms with Gasteiger partial charge in [-0.25, -0.2) is 13.6 Å². The monoisotopic (exact) mass is 327 g/mol. The molecule has 0 radical (unpaired) electrons. The van der Waals surface area contributed by atoms with E-state index >= 15 is 0 Å². The summed E-state index contributed by atoms with van der Waals surface area (Å²) in [6.07, 6.45) is 2.00. The van der Waals surface area contributed by atoms with Crippen molar-refractivity contribution in [3.8, 4) is 5.75 Å². The van der Waals surface area contributed by atoms with E-state index in [2.05, 4.69) is 10.6 Å². The maximum absolute atomic E-state index is 12.2. The molecule has 0 bridgehead atoms. The van der Waals surface area contributed by atoms with Crippen LogP contribution in [-0.4, -0.2) is 41.1 Å². The predicted octanol–water partition coefficient (Wildman–Crippen LogP) is 0.0720. The fourth-order valence-corrected chi connectivity index (χ4v) is 3.03. The zero-order valence-corrected chi connectivity index (χ0v) is 13.3. The zero-order chi connectivity index (χ0) is 16.2. The van der Waals surface area contributed by atoms with E-state index in [1.165, 1.54) is 25.3 Å². The molecule has 1 atom stereocenters. The Morgan fingerprint density at radius 1 is 1.50 bits per heavy atom. The lowest BCUT2D eigenvalue weighted by Gasteiger charge is -2.12. The Balaban J connectivity index is 2.06. The quantitative estimate of drug-likeness (QED) is 0.685. The molecule has 122 valence electrons. The van der Waals surface area contributed by atoms with Gasteiger partial charge in [-0.2, -0.15) is 0 Å². The minimum absolute atomic E-state index is 0.113. The van der Waals surface area contributed by atoms with E-state index < -0.39 is 10.0 Å². The molecular formula is C14H21N3O4S. The molecule has 1 unspecified atom stereocenters. The molecule has 0 spiro atoms. The number of ether oxygens (including phenoxy) is 1. The van der Waals surface area contributed by atoms with Crippen LogP contribution in [0.4, 0.5) is 0 Å². The van der Waals surface area contributed by atoms with Gasteiger partial charge in [0.25, 0.3) is 5.91 Å². The highest BCUT2D eigenvalue weighted by molar-refractivity contribution is 7.89. The molecule has 0 saturated carbocycles. The first-order chi connectivity index (χ1) is 10.4. The highest BCUT2D eigenvalue weighted by Crippen LogP contribution is 2.22. The van der Waals surface area contributed by atoms with Gasteiger partial charge in [-0.3, -0.25) is 4.79 Å². The first kappa shape index (κ1) is 16.7. The summed E-state index contributed by atoms with van der Waals surface area (Å²) in [5.41, 5.74) is 0.165. The normalized spacial score (nSPS) is 18.2. The van der Waals surface area contributed by atoms with Crippen LogP contribution in [0.1, 0.15) is 23.2 Å². The van der Waals surface area contributed by atoms with E-state index in [1.807, 2.05) is 0 Å². The smallest absolute Gasteiger partial charge is 0.255 e. The summed E-state index contributed by atoms with van der Waals surface area (Å²) in [5.74, 6) is 0.513. The minimum Gasteiger partial charge on any atom is -0.496 e. The van der Waals surface area contributed by atoms with Crippen LogP contribution in [0.2, 0.25) is 0 Å². The number of sulfonamides is 1. The Kier molecular flexibility index (Phi) is 5.38. The molecule has 2 rings (SSSR count). The third-order valence-electron chi connectivity index (χ3n) is 3.74. The van der Waals surface area contributed by atoms with Crippen molar-refractivity contribution < 1.29 is 17.9 Å². The standard InChI is InChI=1S/C14H21N3O4S/c1-21-13-3-2-11(22(15,19)20)8-12(13)14(18)17-7-5-10-4-6-16-9-10/h2-3,8,10,16H,4-7,9H2,1H3,(H,17,18)(H2,15,19,20). The number of carbonyl (C=O) groups excluding carboxylic acids is 1. The van der Waals surface area contributed by atoms with Gasteiger partial charge >= 0.3 is 0 Å². The van der Waals surface area contributed by atoms with Crippen LogP contribution in [0, 0.1) is 5.92 Å². The van der Waals surface area contributed by atoms with E-state index in [4.69, 9.17) is 9.88 Å². The number of benzene rings is 1. The van der Waals surface area contributed by atoms with Gasteiger partial charge in [0.05, 0.1) is 17.6 Å². The Morgan fingerprint density at radius 3 is 2.86 bits per heavy atom. The average molecular weight is 327 g/mol. The molecule has 8 heteroatoms. The Morgan fingerprint density at radius 2 is 2.27 bits per heavy atom. The second-order valence-corrected chi connectivity index (χ2v) is 6.87. The average Bonchev–Trinajstić information content (AvgIpc) is 2.98. The van der Waals surface area contributed by atoms with Gasteiger partial charge in [-0.1, -0.05) is 0 Å². The van der Waals surface area contributed by atoms with Gasteiger partial charge in [-0.05, 0) is 50.0 Å². The van der Waals surface area contributed by atoms with Gasteiger partial charge in [-0.15, -0.1) is 0 Å². The number of rotatable bonds is 6. The number of nitrogens with one attached hydrogen (secondary N) is 2. The number of carbonyl (C=O) groups is 1. The lowest BCUT2D eigenvalue weighted by molar-refractivity contribution is 0.0948. The summed E-state index contributed by atoms with van der Waals surface area (Å²) in [5, 5.41) is 11.2. The van der Waals surface area contributed by atoms with Crippen molar-refractivity contribution in [1.29, 1.82) is 0 Å². The molecule has 0 aliphatic carbocycles. The number of hydrogen-bond acceptors (Lipinski definition) is 5. The number of methoxy groups -OCH3 is 1. The minimum atomic E-state index is -3.86. The molecule has 1 aliphatic rings. The maximum atomic E-state index is 12.2. The van der Waals surface area contributed by atoms with Crippen LogP contribution in [0.15, 0.2) is 23.1 Å². The Labute approximate surface area is 130 Å². The molecule has 0 aromatic heterocycles. The number of primary sulfonamides is 1. The molecule has 1 aromatic carbocycles. The Bertz CT molecular complexity index is 639. The fraction of sp³-hybridized carbons (Fsp3) is 0.500. The van der Waals surface area contributed by atoms with Gasteiger partial charge in [0.1, 0.15) is 5.75 Å². The number of amides is 1. The lowest BCUT2D eigenvalue weighted by atomic mass is 10.1. The first-order valence-corrected chi connectivity index (χ1v) is 8.66. The third kappa shape index (κ3) is 4.19. The second kappa shape index (κ2) is 7.08. The van der Waals surface area contributed by atoms with Crippen molar-refractivity contribution in [3.05, 3.63) is 23.8 Å². The lowest BCUT2D eigenvalue weighted by Crippen LogP contribution is -2.27. The molecule has 1 aliphatic heterocycles. The Hall–Kier alpha value is -1.64. The third-order valence-corrected chi connectivity index (χ3v) is 4.66. The van der Waals surface area contributed by atoms with Crippen molar-refractivity contribution in [3.63, 3.8) is 0 Å². The van der Waals surface area contributed by atoms with Crippen LogP contribution in [-0.2, 0) is 10.0 Å². The van der Waals surface area contributed by atoms with Crippen molar-refractivity contribution >= 4 is 15.9 Å². The highest BCUT2D eigenvalue weighted by atomic mass is 32.2. The van der Waals surface area contributed by atoms with Crippen molar-refractivity contribution in [2.24, 2.45) is 11.1 Å². The molecule has 1 saturated heterocycles. The first-order valence-electron chi connectivity index (χ1n) is 7.11. The molecule has 22 heavy (non-hydrogen) atoms. The van der Waals surface area contributed by atoms with Crippen molar-refractivity contribution in [1.82, 2.24) is 10.6 Å². The van der Waals surface area contributed by atoms with E-state index in [-0.39, 0.29) is 16.4 Å². The summed E-state index contributed by atoms with van der Waals surface area (Å²) in [6, 6.07) is 3.98. The molecule has 1 fully saturated rings. The van der Waals surface area contributed by atoms with Crippen molar-refractivity contribution in [2.45, 2.75) is 17.7 Å². The van der Waals surface area contributed by atoms with E-state index in [1.54, 1.807) is 0 Å². The molecule has 1 aromatic rings. The van der Waals surface area contributed by atoms with E-state index in [0.717, 1.165) is 25.9 Å². The predicted molar refractivity (Wildman–Crippen MR) is 82.3 cm³/mol. The molecule has 1 amide bonds. The summed E-state index contributed by atoms with van der Waals surface area (Å²) in [4.78, 5) is 12.1.